The highest BCUT2D eigenvalue weighted by Crippen LogP contribution is 2.31. The molecule has 4 nitrogen and oxygen atoms in total. The van der Waals surface area contributed by atoms with E-state index in [-0.39, 0.29) is 0 Å². The average Bonchev–Trinajstić information content (AvgIpc) is 2.81. The van der Waals surface area contributed by atoms with Gasteiger partial charge in [0.05, 0.1) is 6.20 Å². The Balaban J connectivity index is 2.03. The number of nitrogens with zero attached hydrogens (tertiary/aromatic N) is 2. The average molecular weight is 212 g/mol. The fourth-order valence-electron chi connectivity index (χ4n) is 1.31. The van der Waals surface area contributed by atoms with E-state index in [0.29, 0.717) is 4.88 Å². The van der Waals surface area contributed by atoms with Crippen LogP contribution in [0.3, 0.4) is 0 Å². The second kappa shape index (κ2) is 3.57. The lowest BCUT2D eigenvalue weighted by Gasteiger charge is -2.14. The third-order valence-electron chi connectivity index (χ3n) is 2.26. The summed E-state index contributed by atoms with van der Waals surface area (Å²) in [7, 11) is 1.96. The Morgan fingerprint density at radius 2 is 2.50 bits per heavy atom. The van der Waals surface area contributed by atoms with E-state index in [4.69, 9.17) is 5.11 Å². The fourth-order valence-corrected chi connectivity index (χ4v) is 2.03. The third-order valence-corrected chi connectivity index (χ3v) is 3.36. The molecule has 76 valence electrons. The Morgan fingerprint density at radius 1 is 1.79 bits per heavy atom. The van der Waals surface area contributed by atoms with Crippen LogP contribution in [0, 0.1) is 5.92 Å². The largest absolute Gasteiger partial charge is 0.477 e. The Hall–Kier alpha value is -1.10. The molecular weight excluding hydrogens is 200 g/mol. The van der Waals surface area contributed by atoms with Gasteiger partial charge in [-0.25, -0.2) is 9.78 Å². The summed E-state index contributed by atoms with van der Waals surface area (Å²) >= 11 is 1.23. The molecule has 1 aromatic rings. The summed E-state index contributed by atoms with van der Waals surface area (Å²) in [6.45, 7) is 0.993. The van der Waals surface area contributed by atoms with Crippen LogP contribution in [0.2, 0.25) is 0 Å². The fraction of sp³-hybridized carbons (Fsp3) is 0.556. The van der Waals surface area contributed by atoms with E-state index in [1.165, 1.54) is 30.4 Å². The van der Waals surface area contributed by atoms with Crippen LogP contribution in [-0.4, -0.2) is 29.7 Å². The lowest BCUT2D eigenvalue weighted by Crippen LogP contribution is -2.19. The van der Waals surface area contributed by atoms with E-state index in [1.807, 2.05) is 11.9 Å². The number of aromatic carboxylic acids is 1. The number of aromatic nitrogens is 1. The Morgan fingerprint density at radius 3 is 3.00 bits per heavy atom. The zero-order chi connectivity index (χ0) is 10.1. The Labute approximate surface area is 86.2 Å². The maximum atomic E-state index is 10.6. The maximum absolute atomic E-state index is 10.6. The minimum atomic E-state index is -0.895. The molecule has 0 amide bonds. The molecule has 0 radical (unpaired) electrons. The predicted octanol–water partition coefficient (Wildman–Crippen LogP) is 1.69. The number of rotatable bonds is 4. The van der Waals surface area contributed by atoms with Gasteiger partial charge in [0.25, 0.3) is 0 Å². The molecule has 1 saturated carbocycles. The lowest BCUT2D eigenvalue weighted by molar-refractivity contribution is 0.0702. The van der Waals surface area contributed by atoms with Crippen molar-refractivity contribution in [3.05, 3.63) is 11.1 Å². The molecule has 1 N–H and O–H groups in total. The summed E-state index contributed by atoms with van der Waals surface area (Å²) in [5.41, 5.74) is 0. The first-order valence-corrected chi connectivity index (χ1v) is 5.38. The minimum Gasteiger partial charge on any atom is -0.477 e. The number of carboxylic acid groups (broad SMARTS) is 1. The van der Waals surface area contributed by atoms with E-state index < -0.39 is 5.97 Å². The number of carbonyl (C=O) groups is 1. The van der Waals surface area contributed by atoms with Crippen molar-refractivity contribution in [2.45, 2.75) is 12.8 Å². The van der Waals surface area contributed by atoms with Crippen molar-refractivity contribution in [2.24, 2.45) is 5.92 Å². The zero-order valence-corrected chi connectivity index (χ0v) is 8.75. The first-order chi connectivity index (χ1) is 6.66. The van der Waals surface area contributed by atoms with Gasteiger partial charge in [0.1, 0.15) is 4.88 Å². The predicted molar refractivity (Wildman–Crippen MR) is 55.1 cm³/mol. The normalized spacial score (nSPS) is 15.5. The van der Waals surface area contributed by atoms with Crippen LogP contribution >= 0.6 is 11.3 Å². The Bertz CT molecular complexity index is 346. The molecule has 5 heteroatoms. The van der Waals surface area contributed by atoms with Gasteiger partial charge in [-0.15, -0.1) is 0 Å². The SMILES string of the molecule is CN(CC1CC1)c1ncc(C(=O)O)s1. The van der Waals surface area contributed by atoms with Crippen molar-refractivity contribution in [1.29, 1.82) is 0 Å². The molecule has 14 heavy (non-hydrogen) atoms. The molecule has 0 spiro atoms. The van der Waals surface area contributed by atoms with Crippen LogP contribution in [0.15, 0.2) is 6.20 Å². The van der Waals surface area contributed by atoms with Gasteiger partial charge in [-0.2, -0.15) is 0 Å². The number of thiazole rings is 1. The van der Waals surface area contributed by atoms with E-state index in [9.17, 15) is 4.79 Å². The van der Waals surface area contributed by atoms with Crippen LogP contribution in [0.1, 0.15) is 22.5 Å². The second-order valence-corrected chi connectivity index (χ2v) is 4.65. The van der Waals surface area contributed by atoms with Crippen molar-refractivity contribution < 1.29 is 9.90 Å². The monoisotopic (exact) mass is 212 g/mol. The highest BCUT2D eigenvalue weighted by molar-refractivity contribution is 7.17. The number of hydrogen-bond donors (Lipinski definition) is 1. The third kappa shape index (κ3) is 2.04. The van der Waals surface area contributed by atoms with E-state index in [1.54, 1.807) is 0 Å². The summed E-state index contributed by atoms with van der Waals surface area (Å²) in [5.74, 6) is -0.106. The van der Waals surface area contributed by atoms with Crippen LogP contribution in [0.25, 0.3) is 0 Å². The molecule has 0 atom stereocenters. The maximum Gasteiger partial charge on any atom is 0.347 e. The molecule has 1 aromatic heterocycles. The minimum absolute atomic E-state index is 0.308. The van der Waals surface area contributed by atoms with Gasteiger partial charge in [0, 0.05) is 13.6 Å². The first-order valence-electron chi connectivity index (χ1n) is 4.57. The number of anilines is 1. The highest BCUT2D eigenvalue weighted by Gasteiger charge is 2.24. The van der Waals surface area contributed by atoms with Crippen molar-refractivity contribution in [1.82, 2.24) is 4.98 Å². The summed E-state index contributed by atoms with van der Waals surface area (Å²) < 4.78 is 0. The smallest absolute Gasteiger partial charge is 0.347 e. The van der Waals surface area contributed by atoms with Crippen LogP contribution in [-0.2, 0) is 0 Å². The Kier molecular flexibility index (Phi) is 2.41. The quantitative estimate of drug-likeness (QED) is 0.825. The standard InChI is InChI=1S/C9H12N2O2S/c1-11(5-6-2-3-6)9-10-4-7(14-9)8(12)13/h4,6H,2-3,5H2,1H3,(H,12,13). The molecule has 1 fully saturated rings. The number of hydrogen-bond acceptors (Lipinski definition) is 4. The summed E-state index contributed by atoms with van der Waals surface area (Å²) in [6, 6.07) is 0. The molecule has 0 aliphatic heterocycles. The van der Waals surface area contributed by atoms with E-state index in [2.05, 4.69) is 4.98 Å². The molecular formula is C9H12N2O2S. The van der Waals surface area contributed by atoms with Gasteiger partial charge < -0.3 is 10.0 Å². The van der Waals surface area contributed by atoms with Crippen molar-refractivity contribution in [2.75, 3.05) is 18.5 Å². The van der Waals surface area contributed by atoms with Gasteiger partial charge in [-0.05, 0) is 18.8 Å². The van der Waals surface area contributed by atoms with Gasteiger partial charge in [0.2, 0.25) is 0 Å². The molecule has 0 bridgehead atoms. The van der Waals surface area contributed by atoms with Gasteiger partial charge in [0.15, 0.2) is 5.13 Å². The zero-order valence-electron chi connectivity index (χ0n) is 7.93. The van der Waals surface area contributed by atoms with Crippen LogP contribution in [0.4, 0.5) is 5.13 Å². The van der Waals surface area contributed by atoms with E-state index >= 15 is 0 Å². The van der Waals surface area contributed by atoms with Crippen molar-refractivity contribution >= 4 is 22.4 Å². The molecule has 1 aliphatic rings. The molecule has 1 aliphatic carbocycles. The molecule has 1 heterocycles. The molecule has 0 unspecified atom stereocenters. The molecule has 2 rings (SSSR count). The molecule has 0 saturated heterocycles. The second-order valence-electron chi connectivity index (χ2n) is 3.64. The van der Waals surface area contributed by atoms with Gasteiger partial charge in [-0.3, -0.25) is 0 Å². The van der Waals surface area contributed by atoms with Gasteiger partial charge in [-0.1, -0.05) is 11.3 Å². The van der Waals surface area contributed by atoms with Gasteiger partial charge >= 0.3 is 5.97 Å². The molecule has 0 aromatic carbocycles. The first kappa shape index (κ1) is 9.45. The summed E-state index contributed by atoms with van der Waals surface area (Å²) in [6.07, 6.45) is 4.01. The number of carboxylic acids is 1. The summed E-state index contributed by atoms with van der Waals surface area (Å²) in [4.78, 5) is 17.0. The van der Waals surface area contributed by atoms with Crippen molar-refractivity contribution in [3.63, 3.8) is 0 Å². The van der Waals surface area contributed by atoms with E-state index in [0.717, 1.165) is 17.6 Å². The van der Waals surface area contributed by atoms with Crippen LogP contribution < -0.4 is 4.90 Å². The topological polar surface area (TPSA) is 53.4 Å². The van der Waals surface area contributed by atoms with Crippen LogP contribution in [0.5, 0.6) is 0 Å². The highest BCUT2D eigenvalue weighted by atomic mass is 32.1. The summed E-state index contributed by atoms with van der Waals surface area (Å²) in [5, 5.41) is 9.53. The lowest BCUT2D eigenvalue weighted by atomic mass is 10.4. The van der Waals surface area contributed by atoms with Crippen molar-refractivity contribution in [3.8, 4) is 0 Å².